The van der Waals surface area contributed by atoms with Gasteiger partial charge in [0.15, 0.2) is 0 Å². The maximum Gasteiger partial charge on any atom is 0.100 e. The Balaban J connectivity index is 1.88. The second-order valence-corrected chi connectivity index (χ2v) is 11.2. The van der Waals surface area contributed by atoms with Crippen LogP contribution in [0.1, 0.15) is 59.8 Å². The minimum absolute atomic E-state index is 0.920. The van der Waals surface area contributed by atoms with Gasteiger partial charge in [-0.05, 0) is 93.9 Å². The Kier molecular flexibility index (Phi) is 8.55. The molecule has 2 heterocycles. The SMILES string of the molecule is C=C(C)C[N+]1(CC(=C)C)CCC(CC2CC[N+](CC(=C)C)(CC(=C)C)CC2)CC1. The van der Waals surface area contributed by atoms with Gasteiger partial charge in [0.2, 0.25) is 0 Å². The first-order valence-electron chi connectivity index (χ1n) is 11.8. The summed E-state index contributed by atoms with van der Waals surface area (Å²) in [7, 11) is 0. The molecule has 2 aliphatic rings. The molecule has 2 aliphatic heterocycles. The molecule has 0 aliphatic carbocycles. The van der Waals surface area contributed by atoms with Crippen molar-refractivity contribution >= 4 is 0 Å². The molecule has 0 bridgehead atoms. The van der Waals surface area contributed by atoms with Crippen LogP contribution in [0.15, 0.2) is 48.6 Å². The Morgan fingerprint density at radius 3 is 1.00 bits per heavy atom. The maximum absolute atomic E-state index is 4.21. The summed E-state index contributed by atoms with van der Waals surface area (Å²) >= 11 is 0. The highest BCUT2D eigenvalue weighted by atomic mass is 15.4. The highest BCUT2D eigenvalue weighted by molar-refractivity contribution is 4.95. The number of rotatable bonds is 10. The van der Waals surface area contributed by atoms with Crippen molar-refractivity contribution < 1.29 is 8.97 Å². The van der Waals surface area contributed by atoms with E-state index >= 15 is 0 Å². The summed E-state index contributed by atoms with van der Waals surface area (Å²) in [5, 5.41) is 0. The Morgan fingerprint density at radius 1 is 0.552 bits per heavy atom. The first-order chi connectivity index (χ1) is 13.5. The van der Waals surface area contributed by atoms with E-state index in [-0.39, 0.29) is 0 Å². The minimum Gasteiger partial charge on any atom is -0.317 e. The van der Waals surface area contributed by atoms with E-state index in [0.29, 0.717) is 0 Å². The lowest BCUT2D eigenvalue weighted by molar-refractivity contribution is -0.926. The predicted octanol–water partition coefficient (Wildman–Crippen LogP) is 6.13. The van der Waals surface area contributed by atoms with Crippen molar-refractivity contribution in [2.45, 2.75) is 59.8 Å². The first-order valence-corrected chi connectivity index (χ1v) is 11.8. The van der Waals surface area contributed by atoms with Gasteiger partial charge < -0.3 is 8.97 Å². The lowest BCUT2D eigenvalue weighted by atomic mass is 9.81. The Labute approximate surface area is 181 Å². The minimum atomic E-state index is 0.920. The average molecular weight is 401 g/mol. The zero-order chi connectivity index (χ0) is 21.7. The van der Waals surface area contributed by atoms with E-state index in [1.165, 1.54) is 89.5 Å². The average Bonchev–Trinajstić information content (AvgIpc) is 2.56. The van der Waals surface area contributed by atoms with Crippen molar-refractivity contribution in [2.24, 2.45) is 11.8 Å². The van der Waals surface area contributed by atoms with Crippen LogP contribution in [-0.4, -0.2) is 61.3 Å². The summed E-state index contributed by atoms with van der Waals surface area (Å²) in [5.41, 5.74) is 5.28. The standard InChI is InChI=1S/C27H48N2/c1-22(2)18-28(19-23(3)4)13-9-26(10-14-28)17-27-11-15-29(16-12-27,20-24(5)6)21-25(7)8/h26-27H,1,3,5,7,9-21H2,2,4,6,8H3/q+2. The molecule has 2 fully saturated rings. The molecule has 2 saturated heterocycles. The quantitative estimate of drug-likeness (QED) is 0.305. The molecular weight excluding hydrogens is 352 g/mol. The molecule has 0 aromatic carbocycles. The largest absolute Gasteiger partial charge is 0.317 e. The second-order valence-electron chi connectivity index (χ2n) is 11.2. The van der Waals surface area contributed by atoms with Crippen molar-refractivity contribution in [2.75, 3.05) is 52.4 Å². The third-order valence-electron chi connectivity index (χ3n) is 7.13. The van der Waals surface area contributed by atoms with Crippen molar-refractivity contribution in [3.8, 4) is 0 Å². The Bertz CT molecular complexity index is 520. The molecule has 0 radical (unpaired) electrons. The number of hydrogen-bond acceptors (Lipinski definition) is 0. The molecule has 0 spiro atoms. The predicted molar refractivity (Wildman–Crippen MR) is 129 cm³/mol. The molecule has 0 unspecified atom stereocenters. The van der Waals surface area contributed by atoms with E-state index in [9.17, 15) is 0 Å². The van der Waals surface area contributed by atoms with Gasteiger partial charge in [0.25, 0.3) is 0 Å². The van der Waals surface area contributed by atoms with Crippen LogP contribution in [0.3, 0.4) is 0 Å². The fraction of sp³-hybridized carbons (Fsp3) is 0.704. The van der Waals surface area contributed by atoms with Crippen molar-refractivity contribution in [3.63, 3.8) is 0 Å². The number of nitrogens with zero attached hydrogens (tertiary/aromatic N) is 2. The lowest BCUT2D eigenvalue weighted by Gasteiger charge is -2.46. The molecule has 0 atom stereocenters. The van der Waals surface area contributed by atoms with Crippen molar-refractivity contribution in [3.05, 3.63) is 48.6 Å². The lowest BCUT2D eigenvalue weighted by Crippen LogP contribution is -2.55. The highest BCUT2D eigenvalue weighted by Crippen LogP contribution is 2.35. The van der Waals surface area contributed by atoms with E-state index in [4.69, 9.17) is 0 Å². The van der Waals surface area contributed by atoms with Gasteiger partial charge in [-0.3, -0.25) is 0 Å². The van der Waals surface area contributed by atoms with Gasteiger partial charge in [-0.2, -0.15) is 0 Å². The molecular formula is C27H48N2+2. The maximum atomic E-state index is 4.21. The second kappa shape index (κ2) is 10.3. The van der Waals surface area contributed by atoms with Crippen LogP contribution < -0.4 is 0 Å². The van der Waals surface area contributed by atoms with Crippen LogP contribution in [0, 0.1) is 11.8 Å². The molecule has 29 heavy (non-hydrogen) atoms. The first kappa shape index (κ1) is 24.2. The topological polar surface area (TPSA) is 0 Å². The molecule has 2 rings (SSSR count). The molecule has 0 amide bonds. The van der Waals surface area contributed by atoms with Gasteiger partial charge in [0.05, 0.1) is 26.2 Å². The van der Waals surface area contributed by atoms with Gasteiger partial charge in [-0.25, -0.2) is 0 Å². The summed E-state index contributed by atoms with van der Waals surface area (Å²) in [6.45, 7) is 35.3. The molecule has 164 valence electrons. The van der Waals surface area contributed by atoms with Gasteiger partial charge in [-0.15, -0.1) is 0 Å². The zero-order valence-corrected chi connectivity index (χ0v) is 20.1. The summed E-state index contributed by atoms with van der Waals surface area (Å²) in [4.78, 5) is 0. The normalized spacial score (nSPS) is 22.2. The molecule has 2 nitrogen and oxygen atoms in total. The van der Waals surface area contributed by atoms with E-state index < -0.39 is 0 Å². The van der Waals surface area contributed by atoms with Gasteiger partial charge in [-0.1, -0.05) is 26.3 Å². The summed E-state index contributed by atoms with van der Waals surface area (Å²) in [6, 6.07) is 0. The van der Waals surface area contributed by atoms with Crippen LogP contribution in [0.25, 0.3) is 0 Å². The van der Waals surface area contributed by atoms with Gasteiger partial charge in [0, 0.05) is 0 Å². The number of quaternary nitrogens is 2. The molecule has 0 aromatic heterocycles. The van der Waals surface area contributed by atoms with Crippen LogP contribution >= 0.6 is 0 Å². The third-order valence-corrected chi connectivity index (χ3v) is 7.13. The molecule has 2 heteroatoms. The molecule has 0 N–H and O–H groups in total. The van der Waals surface area contributed by atoms with E-state index in [1.807, 2.05) is 0 Å². The smallest absolute Gasteiger partial charge is 0.100 e. The number of piperidine rings is 2. The third kappa shape index (κ3) is 7.57. The van der Waals surface area contributed by atoms with Crippen LogP contribution in [0.4, 0.5) is 0 Å². The van der Waals surface area contributed by atoms with Gasteiger partial charge >= 0.3 is 0 Å². The van der Waals surface area contributed by atoms with Crippen LogP contribution in [0.5, 0.6) is 0 Å². The van der Waals surface area contributed by atoms with Crippen LogP contribution in [0.2, 0.25) is 0 Å². The monoisotopic (exact) mass is 400 g/mol. The Morgan fingerprint density at radius 2 is 0.793 bits per heavy atom. The fourth-order valence-electron chi connectivity index (χ4n) is 6.32. The van der Waals surface area contributed by atoms with Gasteiger partial charge in [0.1, 0.15) is 26.2 Å². The van der Waals surface area contributed by atoms with Crippen molar-refractivity contribution in [1.82, 2.24) is 0 Å². The summed E-state index contributed by atoms with van der Waals surface area (Å²) in [5.74, 6) is 1.84. The van der Waals surface area contributed by atoms with Crippen LogP contribution in [-0.2, 0) is 0 Å². The summed E-state index contributed by atoms with van der Waals surface area (Å²) in [6.07, 6.45) is 6.98. The number of likely N-dealkylation sites (tertiary alicyclic amines) is 2. The van der Waals surface area contributed by atoms with E-state index in [2.05, 4.69) is 54.0 Å². The van der Waals surface area contributed by atoms with E-state index in [0.717, 1.165) is 38.0 Å². The fourth-order valence-corrected chi connectivity index (χ4v) is 6.32. The number of hydrogen-bond donors (Lipinski definition) is 0. The molecule has 0 aromatic rings. The molecule has 0 saturated carbocycles. The van der Waals surface area contributed by atoms with E-state index in [1.54, 1.807) is 0 Å². The summed E-state index contributed by atoms with van der Waals surface area (Å²) < 4.78 is 2.39. The highest BCUT2D eigenvalue weighted by Gasteiger charge is 2.38. The Hall–Kier alpha value is -1.12. The van der Waals surface area contributed by atoms with Crippen molar-refractivity contribution in [1.29, 1.82) is 0 Å². The zero-order valence-electron chi connectivity index (χ0n) is 20.1.